The Kier molecular flexibility index (Phi) is 2.04. The Morgan fingerprint density at radius 3 is 3.23 bits per heavy atom. The predicted molar refractivity (Wildman–Crippen MR) is 45.9 cm³/mol. The predicted octanol–water partition coefficient (Wildman–Crippen LogP) is 0.106. The van der Waals surface area contributed by atoms with Crippen LogP contribution in [0.5, 0.6) is 0 Å². The van der Waals surface area contributed by atoms with Crippen molar-refractivity contribution in [1.82, 2.24) is 4.90 Å². The monoisotopic (exact) mass is 185 g/mol. The summed E-state index contributed by atoms with van der Waals surface area (Å²) in [5, 5.41) is 9.06. The molecule has 1 amide bonds. The number of carbonyl (C=O) groups excluding carboxylic acids is 1. The van der Waals surface area contributed by atoms with Crippen molar-refractivity contribution in [3.05, 3.63) is 0 Å². The fourth-order valence-corrected chi connectivity index (χ4v) is 2.29. The molecule has 2 fully saturated rings. The molecule has 2 atom stereocenters. The summed E-state index contributed by atoms with van der Waals surface area (Å²) in [5.41, 5.74) is -0.442. The Bertz CT molecular complexity index is 231. The molecule has 2 heterocycles. The molecule has 0 aliphatic carbocycles. The topological polar surface area (TPSA) is 49.8 Å². The number of ether oxygens (including phenoxy) is 1. The van der Waals surface area contributed by atoms with Gasteiger partial charge in [-0.2, -0.15) is 0 Å². The van der Waals surface area contributed by atoms with Crippen molar-refractivity contribution in [2.75, 3.05) is 13.2 Å². The molecule has 0 saturated carbocycles. The molecular weight excluding hydrogens is 170 g/mol. The summed E-state index contributed by atoms with van der Waals surface area (Å²) >= 11 is 0. The molecule has 2 aliphatic heterocycles. The van der Waals surface area contributed by atoms with Gasteiger partial charge in [0.05, 0.1) is 19.3 Å². The van der Waals surface area contributed by atoms with Gasteiger partial charge < -0.3 is 14.7 Å². The van der Waals surface area contributed by atoms with Crippen LogP contribution >= 0.6 is 0 Å². The minimum absolute atomic E-state index is 0.00132. The number of piperidine rings is 1. The molecule has 0 aromatic carbocycles. The normalized spacial score (nSPS) is 39.4. The van der Waals surface area contributed by atoms with E-state index in [9.17, 15) is 4.79 Å². The zero-order chi connectivity index (χ0) is 9.47. The molecule has 0 radical (unpaired) electrons. The van der Waals surface area contributed by atoms with E-state index in [1.54, 1.807) is 4.90 Å². The number of nitrogens with zero attached hydrogens (tertiary/aromatic N) is 1. The summed E-state index contributed by atoms with van der Waals surface area (Å²) in [7, 11) is 0. The SMILES string of the molecule is C[C@]12CCCC(=O)N1[C@H](CO)CO2. The highest BCUT2D eigenvalue weighted by Crippen LogP contribution is 2.36. The first-order chi connectivity index (χ1) is 6.17. The molecular formula is C9H15NO3. The highest BCUT2D eigenvalue weighted by atomic mass is 16.5. The highest BCUT2D eigenvalue weighted by molar-refractivity contribution is 5.78. The molecule has 4 heteroatoms. The van der Waals surface area contributed by atoms with Gasteiger partial charge in [0.25, 0.3) is 0 Å². The van der Waals surface area contributed by atoms with E-state index in [0.29, 0.717) is 13.0 Å². The van der Waals surface area contributed by atoms with Gasteiger partial charge in [-0.15, -0.1) is 0 Å². The molecule has 0 unspecified atom stereocenters. The third-order valence-electron chi connectivity index (χ3n) is 2.97. The Balaban J connectivity index is 2.23. The summed E-state index contributed by atoms with van der Waals surface area (Å²) in [4.78, 5) is 13.3. The van der Waals surface area contributed by atoms with E-state index in [2.05, 4.69) is 0 Å². The second-order valence-electron chi connectivity index (χ2n) is 3.94. The summed E-state index contributed by atoms with van der Waals surface area (Å²) in [6.45, 7) is 2.40. The van der Waals surface area contributed by atoms with Crippen LogP contribution in [-0.2, 0) is 9.53 Å². The maximum absolute atomic E-state index is 11.6. The lowest BCUT2D eigenvalue weighted by molar-refractivity contribution is -0.157. The van der Waals surface area contributed by atoms with Gasteiger partial charge in [-0.3, -0.25) is 4.79 Å². The molecule has 2 rings (SSSR count). The molecule has 1 N–H and O–H groups in total. The number of amides is 1. The van der Waals surface area contributed by atoms with Crippen molar-refractivity contribution in [2.24, 2.45) is 0 Å². The third kappa shape index (κ3) is 1.25. The van der Waals surface area contributed by atoms with Gasteiger partial charge in [0.15, 0.2) is 0 Å². The van der Waals surface area contributed by atoms with Gasteiger partial charge >= 0.3 is 0 Å². The van der Waals surface area contributed by atoms with Crippen LogP contribution in [0.3, 0.4) is 0 Å². The van der Waals surface area contributed by atoms with Gasteiger partial charge in [-0.05, 0) is 19.8 Å². The molecule has 2 aliphatic rings. The number of rotatable bonds is 1. The van der Waals surface area contributed by atoms with E-state index in [1.807, 2.05) is 6.92 Å². The van der Waals surface area contributed by atoms with Crippen LogP contribution in [0.15, 0.2) is 0 Å². The Hall–Kier alpha value is -0.610. The number of hydrogen-bond donors (Lipinski definition) is 1. The number of aliphatic hydroxyl groups is 1. The van der Waals surface area contributed by atoms with Gasteiger partial charge in [0.1, 0.15) is 5.72 Å². The molecule has 0 aromatic heterocycles. The van der Waals surface area contributed by atoms with Crippen molar-refractivity contribution in [3.63, 3.8) is 0 Å². The standard InChI is InChI=1S/C9H15NO3/c1-9-4-2-3-8(12)10(9)7(5-11)6-13-9/h7,11H,2-6H2,1H3/t7-,9+/m1/s1. The summed E-state index contributed by atoms with van der Waals surface area (Å²) < 4.78 is 5.56. The first kappa shape index (κ1) is 8.97. The molecule has 0 bridgehead atoms. The fraction of sp³-hybridized carbons (Fsp3) is 0.889. The van der Waals surface area contributed by atoms with Crippen molar-refractivity contribution >= 4 is 5.91 Å². The highest BCUT2D eigenvalue weighted by Gasteiger charge is 2.48. The average molecular weight is 185 g/mol. The first-order valence-corrected chi connectivity index (χ1v) is 4.74. The van der Waals surface area contributed by atoms with Crippen LogP contribution in [-0.4, -0.2) is 40.9 Å². The lowest BCUT2D eigenvalue weighted by atomic mass is 9.99. The minimum Gasteiger partial charge on any atom is -0.394 e. The van der Waals surface area contributed by atoms with Crippen LogP contribution in [0.4, 0.5) is 0 Å². The number of aliphatic hydroxyl groups excluding tert-OH is 1. The Labute approximate surface area is 77.5 Å². The number of fused-ring (bicyclic) bond motifs is 1. The number of carbonyl (C=O) groups is 1. The zero-order valence-electron chi connectivity index (χ0n) is 7.82. The van der Waals surface area contributed by atoms with Gasteiger partial charge in [-0.1, -0.05) is 0 Å². The maximum atomic E-state index is 11.6. The molecule has 2 saturated heterocycles. The molecule has 74 valence electrons. The largest absolute Gasteiger partial charge is 0.394 e. The van der Waals surface area contributed by atoms with E-state index in [1.165, 1.54) is 0 Å². The van der Waals surface area contributed by atoms with E-state index in [-0.39, 0.29) is 18.6 Å². The summed E-state index contributed by atoms with van der Waals surface area (Å²) in [6.07, 6.45) is 2.37. The molecule has 13 heavy (non-hydrogen) atoms. The zero-order valence-corrected chi connectivity index (χ0v) is 7.82. The Morgan fingerprint density at radius 2 is 2.54 bits per heavy atom. The lowest BCUT2D eigenvalue weighted by Crippen LogP contribution is -2.53. The van der Waals surface area contributed by atoms with E-state index in [4.69, 9.17) is 9.84 Å². The average Bonchev–Trinajstić information content (AvgIpc) is 2.43. The second-order valence-corrected chi connectivity index (χ2v) is 3.94. The lowest BCUT2D eigenvalue weighted by Gasteiger charge is -2.39. The second kappa shape index (κ2) is 2.96. The quantitative estimate of drug-likeness (QED) is 0.630. The third-order valence-corrected chi connectivity index (χ3v) is 2.97. The van der Waals surface area contributed by atoms with Crippen molar-refractivity contribution in [3.8, 4) is 0 Å². The van der Waals surface area contributed by atoms with E-state index in [0.717, 1.165) is 12.8 Å². The number of hydrogen-bond acceptors (Lipinski definition) is 3. The van der Waals surface area contributed by atoms with Crippen LogP contribution in [0.25, 0.3) is 0 Å². The van der Waals surface area contributed by atoms with Crippen molar-refractivity contribution < 1.29 is 14.6 Å². The maximum Gasteiger partial charge on any atom is 0.225 e. The summed E-state index contributed by atoms with van der Waals surface area (Å²) in [6, 6.07) is -0.127. The van der Waals surface area contributed by atoms with Crippen molar-refractivity contribution in [1.29, 1.82) is 0 Å². The van der Waals surface area contributed by atoms with E-state index >= 15 is 0 Å². The minimum atomic E-state index is -0.442. The fourth-order valence-electron chi connectivity index (χ4n) is 2.29. The van der Waals surface area contributed by atoms with Gasteiger partial charge in [0.2, 0.25) is 5.91 Å². The van der Waals surface area contributed by atoms with Gasteiger partial charge in [0, 0.05) is 6.42 Å². The summed E-state index contributed by atoms with van der Waals surface area (Å²) in [5.74, 6) is 0.116. The van der Waals surface area contributed by atoms with Gasteiger partial charge in [-0.25, -0.2) is 0 Å². The van der Waals surface area contributed by atoms with Crippen LogP contribution in [0, 0.1) is 0 Å². The van der Waals surface area contributed by atoms with E-state index < -0.39 is 5.72 Å². The first-order valence-electron chi connectivity index (χ1n) is 4.74. The van der Waals surface area contributed by atoms with Crippen LogP contribution in [0.1, 0.15) is 26.2 Å². The Morgan fingerprint density at radius 1 is 1.77 bits per heavy atom. The molecule has 4 nitrogen and oxygen atoms in total. The van der Waals surface area contributed by atoms with Crippen LogP contribution in [0.2, 0.25) is 0 Å². The van der Waals surface area contributed by atoms with Crippen LogP contribution < -0.4 is 0 Å². The smallest absolute Gasteiger partial charge is 0.225 e. The molecule has 0 aromatic rings. The van der Waals surface area contributed by atoms with Crippen molar-refractivity contribution in [2.45, 2.75) is 38.0 Å². The molecule has 0 spiro atoms.